The predicted molar refractivity (Wildman–Crippen MR) is 194 cm³/mol. The molecule has 3 rings (SSSR count). The number of hydrogen-bond donors (Lipinski definition) is 11. The molecule has 1 unspecified atom stereocenters. The second-order valence-corrected chi connectivity index (χ2v) is 12.7. The van der Waals surface area contributed by atoms with Crippen LogP contribution in [-0.2, 0) is 41.6 Å². The third kappa shape index (κ3) is 12.6. The van der Waals surface area contributed by atoms with Crippen molar-refractivity contribution in [1.29, 1.82) is 0 Å². The number of phenolic OH excluding ortho intramolecular Hbond substituents is 1. The second kappa shape index (κ2) is 20.7. The lowest BCUT2D eigenvalue weighted by molar-refractivity contribution is -0.134. The number of primary amides is 1. The molecule has 1 heterocycles. The lowest BCUT2D eigenvalue weighted by atomic mass is 9.96. The van der Waals surface area contributed by atoms with Crippen molar-refractivity contribution >= 4 is 35.4 Å². The number of carbonyl (C=O) groups excluding carboxylic acids is 6. The Morgan fingerprint density at radius 2 is 1.58 bits per heavy atom. The van der Waals surface area contributed by atoms with E-state index in [2.05, 4.69) is 26.6 Å². The molecule has 6 amide bonds. The summed E-state index contributed by atoms with van der Waals surface area (Å²) in [4.78, 5) is 78.7. The maximum Gasteiger partial charge on any atom is 0.243 e. The molecule has 2 aromatic carbocycles. The van der Waals surface area contributed by atoms with Gasteiger partial charge in [0.15, 0.2) is 0 Å². The number of benzene rings is 2. The van der Waals surface area contributed by atoms with Crippen LogP contribution >= 0.6 is 0 Å². The van der Waals surface area contributed by atoms with E-state index in [1.54, 1.807) is 24.3 Å². The molecule has 0 saturated carbocycles. The molecule has 284 valence electrons. The molecule has 0 saturated heterocycles. The van der Waals surface area contributed by atoms with E-state index in [-0.39, 0.29) is 76.4 Å². The van der Waals surface area contributed by atoms with E-state index in [1.807, 2.05) is 12.1 Å². The lowest BCUT2D eigenvalue weighted by Crippen LogP contribution is -2.59. The van der Waals surface area contributed by atoms with Gasteiger partial charge in [0, 0.05) is 32.4 Å². The van der Waals surface area contributed by atoms with Crippen molar-refractivity contribution in [2.75, 3.05) is 26.2 Å². The zero-order valence-corrected chi connectivity index (χ0v) is 29.2. The molecule has 4 bridgehead atoms. The largest absolute Gasteiger partial charge is 0.508 e. The zero-order chi connectivity index (χ0) is 38.2. The minimum absolute atomic E-state index is 0.00813. The van der Waals surface area contributed by atoms with Crippen molar-refractivity contribution in [1.82, 2.24) is 26.6 Å². The topological polar surface area (TPSA) is 313 Å². The fourth-order valence-corrected chi connectivity index (χ4v) is 5.72. The summed E-state index contributed by atoms with van der Waals surface area (Å²) in [6, 6.07) is 6.32. The second-order valence-electron chi connectivity index (χ2n) is 12.7. The number of amides is 6. The Balaban J connectivity index is 1.94. The molecule has 1 aliphatic heterocycles. The molecule has 5 atom stereocenters. The Kier molecular flexibility index (Phi) is 16.4. The van der Waals surface area contributed by atoms with Gasteiger partial charge in [0.1, 0.15) is 29.9 Å². The quantitative estimate of drug-likeness (QED) is 0.0843. The van der Waals surface area contributed by atoms with Gasteiger partial charge in [-0.1, -0.05) is 30.3 Å². The average molecular weight is 725 g/mol. The van der Waals surface area contributed by atoms with Gasteiger partial charge in [0.05, 0.1) is 6.04 Å². The highest BCUT2D eigenvalue weighted by Gasteiger charge is 2.32. The summed E-state index contributed by atoms with van der Waals surface area (Å²) < 4.78 is 0. The highest BCUT2D eigenvalue weighted by Crippen LogP contribution is 2.28. The molecule has 2 aromatic rings. The minimum atomic E-state index is -1.24. The first-order valence-electron chi connectivity index (χ1n) is 17.4. The fourth-order valence-electron chi connectivity index (χ4n) is 5.72. The number of fused-ring (bicyclic) bond motifs is 5. The monoisotopic (exact) mass is 724 g/mol. The normalized spacial score (nSPS) is 18.7. The number of carbonyl (C=O) groups is 6. The van der Waals surface area contributed by atoms with Crippen LogP contribution < -0.4 is 55.3 Å². The van der Waals surface area contributed by atoms with Crippen LogP contribution in [-0.4, -0.2) is 96.9 Å². The van der Waals surface area contributed by atoms with Gasteiger partial charge in [-0.3, -0.25) is 28.8 Å². The first-order chi connectivity index (χ1) is 24.9. The summed E-state index contributed by atoms with van der Waals surface area (Å²) in [6.45, 7) is 0.892. The van der Waals surface area contributed by atoms with Gasteiger partial charge in [-0.15, -0.1) is 0 Å². The molecule has 0 spiro atoms. The van der Waals surface area contributed by atoms with Crippen LogP contribution in [0.15, 0.2) is 42.5 Å². The van der Waals surface area contributed by atoms with Gasteiger partial charge < -0.3 is 60.4 Å². The van der Waals surface area contributed by atoms with Gasteiger partial charge in [0.2, 0.25) is 35.4 Å². The number of nitrogens with one attached hydrogen (secondary N) is 5. The first kappa shape index (κ1) is 41.3. The number of rotatable bonds is 16. The maximum absolute atomic E-state index is 14.0. The summed E-state index contributed by atoms with van der Waals surface area (Å²) in [5.74, 6) is -4.05. The zero-order valence-electron chi connectivity index (χ0n) is 29.2. The maximum atomic E-state index is 14.0. The molecular formula is C35H52N10O7. The third-order valence-electron chi connectivity index (χ3n) is 8.64. The van der Waals surface area contributed by atoms with Gasteiger partial charge in [-0.05, 0) is 79.6 Å². The summed E-state index contributed by atoms with van der Waals surface area (Å²) in [6.07, 6.45) is 0.695. The Morgan fingerprint density at radius 3 is 2.27 bits per heavy atom. The van der Waals surface area contributed by atoms with E-state index >= 15 is 0 Å². The van der Waals surface area contributed by atoms with Crippen molar-refractivity contribution in [2.45, 2.75) is 81.6 Å². The molecule has 52 heavy (non-hydrogen) atoms. The van der Waals surface area contributed by atoms with Crippen molar-refractivity contribution in [3.8, 4) is 16.9 Å². The molecule has 17 heteroatoms. The molecular weight excluding hydrogens is 672 g/mol. The summed E-state index contributed by atoms with van der Waals surface area (Å²) >= 11 is 0. The molecule has 0 aromatic heterocycles. The van der Waals surface area contributed by atoms with Crippen molar-refractivity contribution < 1.29 is 33.9 Å². The predicted octanol–water partition coefficient (Wildman–Crippen LogP) is -2.76. The molecule has 0 fully saturated rings. The van der Waals surface area contributed by atoms with Crippen LogP contribution in [0, 0.1) is 0 Å². The van der Waals surface area contributed by atoms with E-state index in [0.29, 0.717) is 24.0 Å². The smallest absolute Gasteiger partial charge is 0.243 e. The Bertz CT molecular complexity index is 1570. The van der Waals surface area contributed by atoms with Crippen molar-refractivity contribution in [2.24, 2.45) is 28.7 Å². The van der Waals surface area contributed by atoms with Crippen molar-refractivity contribution in [3.63, 3.8) is 0 Å². The molecule has 1 aliphatic rings. The Hall–Kier alpha value is -5.10. The summed E-state index contributed by atoms with van der Waals surface area (Å²) in [5, 5.41) is 23.7. The van der Waals surface area contributed by atoms with Gasteiger partial charge in [0.25, 0.3) is 0 Å². The van der Waals surface area contributed by atoms with E-state index < -0.39 is 59.7 Å². The summed E-state index contributed by atoms with van der Waals surface area (Å²) in [5.41, 5.74) is 31.2. The van der Waals surface area contributed by atoms with Gasteiger partial charge in [-0.2, -0.15) is 0 Å². The first-order valence-corrected chi connectivity index (χ1v) is 17.4. The highest BCUT2D eigenvalue weighted by atomic mass is 16.3. The molecule has 16 N–H and O–H groups in total. The van der Waals surface area contributed by atoms with Crippen LogP contribution in [0.25, 0.3) is 11.1 Å². The van der Waals surface area contributed by atoms with Crippen LogP contribution in [0.3, 0.4) is 0 Å². The minimum Gasteiger partial charge on any atom is -0.508 e. The Labute approximate surface area is 302 Å². The SMILES string of the molecule is NCCC[C@@H]1NC(=O)C(N)Cc2cc(ccc2O)-c2cccc(c2)C[C@@H](C(=O)N[C@H](CCCN)C(=O)N[C@@H](CCC(=O)NCCN)C(N)=O)NC1=O. The number of nitrogens with two attached hydrogens (primary N) is 5. The van der Waals surface area contributed by atoms with Gasteiger partial charge in [-0.25, -0.2) is 0 Å². The van der Waals surface area contributed by atoms with Crippen molar-refractivity contribution in [3.05, 3.63) is 53.6 Å². The third-order valence-corrected chi connectivity index (χ3v) is 8.64. The summed E-state index contributed by atoms with van der Waals surface area (Å²) in [7, 11) is 0. The molecule has 17 nitrogen and oxygen atoms in total. The fraction of sp³-hybridized carbons (Fsp3) is 0.486. The average Bonchev–Trinajstić information content (AvgIpc) is 3.12. The Morgan fingerprint density at radius 1 is 0.846 bits per heavy atom. The van der Waals surface area contributed by atoms with Crippen LogP contribution in [0.2, 0.25) is 0 Å². The van der Waals surface area contributed by atoms with Crippen LogP contribution in [0.5, 0.6) is 5.75 Å². The van der Waals surface area contributed by atoms with E-state index in [4.69, 9.17) is 28.7 Å². The number of hydrogen-bond acceptors (Lipinski definition) is 11. The van der Waals surface area contributed by atoms with Crippen LogP contribution in [0.1, 0.15) is 49.7 Å². The van der Waals surface area contributed by atoms with Gasteiger partial charge >= 0.3 is 0 Å². The highest BCUT2D eigenvalue weighted by molar-refractivity contribution is 5.96. The molecule has 0 aliphatic carbocycles. The van der Waals surface area contributed by atoms with E-state index in [9.17, 15) is 33.9 Å². The number of aromatic hydroxyl groups is 1. The van der Waals surface area contributed by atoms with E-state index in [1.165, 1.54) is 6.07 Å². The van der Waals surface area contributed by atoms with E-state index in [0.717, 1.165) is 11.1 Å². The lowest BCUT2D eigenvalue weighted by Gasteiger charge is -2.27. The number of phenols is 1. The van der Waals surface area contributed by atoms with Crippen LogP contribution in [0.4, 0.5) is 0 Å². The standard InChI is InChI=1S/C35H52N10O7/c36-12-2-6-26-34(51)45-28(17-20-4-1-5-21(16-20)22-8-10-29(46)23(18-22)19-24(39)32(49)43-26)35(52)44-27(7-3-13-37)33(50)42-25(31(40)48)9-11-30(47)41-15-14-38/h1,4-5,8,10,16,18,24-28,46H,2-3,6-7,9,11-15,17,19,36-39H2,(H2,40,48)(H,41,47)(H,42,50)(H,43,49)(H,44,52)(H,45,51)/t24?,25-,26-,27+,28-/m0/s1. The molecule has 0 radical (unpaired) electrons.